The van der Waals surface area contributed by atoms with Crippen molar-refractivity contribution in [3.63, 3.8) is 0 Å². The van der Waals surface area contributed by atoms with Gasteiger partial charge in [0.1, 0.15) is 0 Å². The van der Waals surface area contributed by atoms with Crippen LogP contribution in [-0.2, 0) is 6.18 Å². The first kappa shape index (κ1) is 9.39. The minimum atomic E-state index is -4.30. The van der Waals surface area contributed by atoms with Gasteiger partial charge in [0, 0.05) is 0 Å². The first-order chi connectivity index (χ1) is 5.54. The third kappa shape index (κ3) is 2.14. The topological polar surface area (TPSA) is 0 Å². The average Bonchev–Trinajstić information content (AvgIpc) is 2.03. The van der Waals surface area contributed by atoms with E-state index >= 15 is 0 Å². The lowest BCUT2D eigenvalue weighted by molar-refractivity contribution is -0.137. The summed E-state index contributed by atoms with van der Waals surface area (Å²) in [6.45, 7) is 0. The van der Waals surface area contributed by atoms with Gasteiger partial charge >= 0.3 is 6.18 Å². The molecule has 1 aromatic carbocycles. The van der Waals surface area contributed by atoms with E-state index in [4.69, 9.17) is 11.6 Å². The molecule has 4 heteroatoms. The molecule has 1 aromatic rings. The SMILES string of the molecule is FC(F)(F)c1cccc([CH]Cl)c1. The van der Waals surface area contributed by atoms with Crippen LogP contribution in [0.25, 0.3) is 0 Å². The Morgan fingerprint density at radius 1 is 1.25 bits per heavy atom. The summed E-state index contributed by atoms with van der Waals surface area (Å²) in [4.78, 5) is 0. The van der Waals surface area contributed by atoms with Crippen LogP contribution < -0.4 is 0 Å². The Hall–Kier alpha value is -0.700. The van der Waals surface area contributed by atoms with Crippen molar-refractivity contribution in [2.75, 3.05) is 0 Å². The molecule has 0 saturated heterocycles. The maximum atomic E-state index is 12.0. The van der Waals surface area contributed by atoms with Crippen LogP contribution in [-0.4, -0.2) is 0 Å². The van der Waals surface area contributed by atoms with Crippen molar-refractivity contribution in [1.29, 1.82) is 0 Å². The molecule has 0 N–H and O–H groups in total. The summed E-state index contributed by atoms with van der Waals surface area (Å²) in [6.07, 6.45) is -4.30. The van der Waals surface area contributed by atoms with E-state index in [0.717, 1.165) is 18.0 Å². The highest BCUT2D eigenvalue weighted by Gasteiger charge is 2.30. The molecule has 0 aliphatic rings. The number of hydrogen-bond acceptors (Lipinski definition) is 0. The van der Waals surface area contributed by atoms with Gasteiger partial charge in [-0.2, -0.15) is 13.2 Å². The summed E-state index contributed by atoms with van der Waals surface area (Å²) >= 11 is 5.26. The van der Waals surface area contributed by atoms with Gasteiger partial charge in [0.15, 0.2) is 0 Å². The molecular weight excluding hydrogens is 189 g/mol. The molecule has 0 aliphatic heterocycles. The summed E-state index contributed by atoms with van der Waals surface area (Å²) in [5, 5.41) is 0. The van der Waals surface area contributed by atoms with Crippen molar-refractivity contribution >= 4 is 11.6 Å². The van der Waals surface area contributed by atoms with E-state index in [2.05, 4.69) is 0 Å². The summed E-state index contributed by atoms with van der Waals surface area (Å²) in [5.41, 5.74) is -0.330. The van der Waals surface area contributed by atoms with Gasteiger partial charge in [-0.15, -0.1) is 11.6 Å². The molecular formula is C8H5ClF3. The second-order valence-electron chi connectivity index (χ2n) is 2.23. The predicted molar refractivity (Wildman–Crippen MR) is 40.7 cm³/mol. The molecule has 0 heterocycles. The van der Waals surface area contributed by atoms with Gasteiger partial charge < -0.3 is 0 Å². The highest BCUT2D eigenvalue weighted by atomic mass is 35.5. The Morgan fingerprint density at radius 3 is 2.42 bits per heavy atom. The fourth-order valence-corrected chi connectivity index (χ4v) is 0.919. The standard InChI is InChI=1S/C8H5ClF3/c9-5-6-2-1-3-7(4-6)8(10,11)12/h1-5H. The largest absolute Gasteiger partial charge is 0.416 e. The molecule has 0 atom stereocenters. The lowest BCUT2D eigenvalue weighted by Gasteiger charge is -2.06. The molecule has 0 nitrogen and oxygen atoms in total. The van der Waals surface area contributed by atoms with Gasteiger partial charge in [-0.3, -0.25) is 0 Å². The molecule has 1 rings (SSSR count). The van der Waals surface area contributed by atoms with Crippen LogP contribution in [0.1, 0.15) is 11.1 Å². The smallest absolute Gasteiger partial charge is 0.166 e. The summed E-state index contributed by atoms with van der Waals surface area (Å²) in [5.74, 6) is 1.11. The fourth-order valence-electron chi connectivity index (χ4n) is 0.783. The molecule has 1 radical (unpaired) electrons. The Balaban J connectivity index is 3.02. The normalized spacial score (nSPS) is 11.7. The lowest BCUT2D eigenvalue weighted by Crippen LogP contribution is -2.04. The zero-order valence-corrected chi connectivity index (χ0v) is 6.65. The highest BCUT2D eigenvalue weighted by molar-refractivity contribution is 6.25. The third-order valence-electron chi connectivity index (χ3n) is 1.34. The molecule has 0 fully saturated rings. The lowest BCUT2D eigenvalue weighted by atomic mass is 10.1. The monoisotopic (exact) mass is 193 g/mol. The number of hydrogen-bond donors (Lipinski definition) is 0. The minimum absolute atomic E-state index is 0.353. The molecule has 0 amide bonds. The molecule has 0 bridgehead atoms. The minimum Gasteiger partial charge on any atom is -0.166 e. The number of benzene rings is 1. The van der Waals surface area contributed by atoms with Crippen molar-refractivity contribution < 1.29 is 13.2 Å². The summed E-state index contributed by atoms with van der Waals surface area (Å²) in [7, 11) is 0. The Morgan fingerprint density at radius 2 is 1.92 bits per heavy atom. The second-order valence-corrected chi connectivity index (χ2v) is 2.45. The maximum absolute atomic E-state index is 12.0. The maximum Gasteiger partial charge on any atom is 0.416 e. The van der Waals surface area contributed by atoms with Crippen LogP contribution >= 0.6 is 11.6 Å². The summed E-state index contributed by atoms with van der Waals surface area (Å²) in [6, 6.07) is 4.82. The highest BCUT2D eigenvalue weighted by Crippen LogP contribution is 2.29. The van der Waals surface area contributed by atoms with Crippen LogP contribution in [0.2, 0.25) is 0 Å². The number of alkyl halides is 3. The van der Waals surface area contributed by atoms with Crippen LogP contribution in [0.15, 0.2) is 24.3 Å². The van der Waals surface area contributed by atoms with Gasteiger partial charge in [-0.25, -0.2) is 0 Å². The van der Waals surface area contributed by atoms with Crippen molar-refractivity contribution in [1.82, 2.24) is 0 Å². The van der Waals surface area contributed by atoms with Gasteiger partial charge in [0.2, 0.25) is 0 Å². The first-order valence-corrected chi connectivity index (χ1v) is 3.58. The number of rotatable bonds is 1. The zero-order chi connectivity index (χ0) is 9.19. The van der Waals surface area contributed by atoms with Crippen molar-refractivity contribution in [2.45, 2.75) is 6.18 Å². The Kier molecular flexibility index (Phi) is 2.62. The zero-order valence-electron chi connectivity index (χ0n) is 5.90. The van der Waals surface area contributed by atoms with E-state index in [1.165, 1.54) is 12.1 Å². The quantitative estimate of drug-likeness (QED) is 0.641. The van der Waals surface area contributed by atoms with Crippen LogP contribution in [0.5, 0.6) is 0 Å². The van der Waals surface area contributed by atoms with E-state index < -0.39 is 11.7 Å². The molecule has 0 spiro atoms. The first-order valence-electron chi connectivity index (χ1n) is 3.15. The summed E-state index contributed by atoms with van der Waals surface area (Å²) < 4.78 is 36.1. The number of halogens is 4. The third-order valence-corrected chi connectivity index (χ3v) is 1.59. The van der Waals surface area contributed by atoms with E-state index in [1.54, 1.807) is 0 Å². The molecule has 0 aliphatic carbocycles. The van der Waals surface area contributed by atoms with Crippen molar-refractivity contribution in [3.8, 4) is 0 Å². The Labute approximate surface area is 73.0 Å². The fraction of sp³-hybridized carbons (Fsp3) is 0.125. The molecule has 0 aromatic heterocycles. The van der Waals surface area contributed by atoms with Crippen LogP contribution in [0, 0.1) is 5.88 Å². The molecule has 0 unspecified atom stereocenters. The van der Waals surface area contributed by atoms with Gasteiger partial charge in [0.25, 0.3) is 0 Å². The van der Waals surface area contributed by atoms with E-state index in [-0.39, 0.29) is 0 Å². The van der Waals surface area contributed by atoms with E-state index in [9.17, 15) is 13.2 Å². The van der Waals surface area contributed by atoms with Gasteiger partial charge in [0.05, 0.1) is 11.4 Å². The molecule has 0 saturated carbocycles. The van der Waals surface area contributed by atoms with Crippen LogP contribution in [0.3, 0.4) is 0 Å². The average molecular weight is 194 g/mol. The van der Waals surface area contributed by atoms with Gasteiger partial charge in [-0.05, 0) is 11.6 Å². The van der Waals surface area contributed by atoms with Gasteiger partial charge in [-0.1, -0.05) is 18.2 Å². The second kappa shape index (κ2) is 3.35. The Bertz CT molecular complexity index is 267. The predicted octanol–water partition coefficient (Wildman–Crippen LogP) is 3.45. The van der Waals surface area contributed by atoms with Crippen LogP contribution in [0.4, 0.5) is 13.2 Å². The van der Waals surface area contributed by atoms with Crippen molar-refractivity contribution in [3.05, 3.63) is 41.3 Å². The molecule has 12 heavy (non-hydrogen) atoms. The van der Waals surface area contributed by atoms with E-state index in [0.29, 0.717) is 5.56 Å². The van der Waals surface area contributed by atoms with Crippen molar-refractivity contribution in [2.24, 2.45) is 0 Å². The molecule has 65 valence electrons. The van der Waals surface area contributed by atoms with E-state index in [1.807, 2.05) is 0 Å².